The maximum absolute atomic E-state index is 14.8. The van der Waals surface area contributed by atoms with E-state index in [1.807, 2.05) is 0 Å². The van der Waals surface area contributed by atoms with E-state index in [-0.39, 0.29) is 24.3 Å². The van der Waals surface area contributed by atoms with Gasteiger partial charge in [-0.2, -0.15) is 0 Å². The Morgan fingerprint density at radius 3 is 2.11 bits per heavy atom. The van der Waals surface area contributed by atoms with Gasteiger partial charge in [0.1, 0.15) is 0 Å². The Bertz CT molecular complexity index is 979. The van der Waals surface area contributed by atoms with E-state index in [1.165, 1.54) is 31.7 Å². The molecule has 1 aliphatic carbocycles. The minimum absolute atomic E-state index is 0.00111. The third-order valence-corrected chi connectivity index (χ3v) is 7.53. The highest BCUT2D eigenvalue weighted by Crippen LogP contribution is 2.39. The van der Waals surface area contributed by atoms with E-state index in [0.29, 0.717) is 42.2 Å². The molecule has 1 aliphatic heterocycles. The van der Waals surface area contributed by atoms with Crippen LogP contribution in [0.1, 0.15) is 92.9 Å². The van der Waals surface area contributed by atoms with Crippen LogP contribution in [0.25, 0.3) is 0 Å². The molecule has 0 aromatic heterocycles. The van der Waals surface area contributed by atoms with Gasteiger partial charge in [0, 0.05) is 6.42 Å². The molecule has 4 rings (SSSR count). The van der Waals surface area contributed by atoms with E-state index in [0.717, 1.165) is 31.7 Å². The number of unbranched alkanes of at least 4 members (excludes halogenated alkanes) is 2. The molecule has 1 saturated carbocycles. The number of halogens is 4. The van der Waals surface area contributed by atoms with Gasteiger partial charge in [0.05, 0.1) is 13.2 Å². The van der Waals surface area contributed by atoms with Crippen LogP contribution in [-0.4, -0.2) is 19.5 Å². The van der Waals surface area contributed by atoms with Crippen LogP contribution >= 0.6 is 0 Å². The van der Waals surface area contributed by atoms with Gasteiger partial charge in [-0.3, -0.25) is 0 Å². The van der Waals surface area contributed by atoms with Crippen LogP contribution < -0.4 is 0 Å². The van der Waals surface area contributed by atoms with Gasteiger partial charge in [-0.25, -0.2) is 17.6 Å². The fourth-order valence-corrected chi connectivity index (χ4v) is 5.59. The van der Waals surface area contributed by atoms with Crippen molar-refractivity contribution in [2.75, 3.05) is 13.2 Å². The number of ether oxygens (including phenoxy) is 2. The Balaban J connectivity index is 1.45. The van der Waals surface area contributed by atoms with E-state index < -0.39 is 29.6 Å². The molecule has 2 nitrogen and oxygen atoms in total. The summed E-state index contributed by atoms with van der Waals surface area (Å²) in [4.78, 5) is 0. The first-order valence-electron chi connectivity index (χ1n) is 13.1. The van der Waals surface area contributed by atoms with Gasteiger partial charge in [-0.05, 0) is 84.7 Å². The molecule has 0 N–H and O–H groups in total. The van der Waals surface area contributed by atoms with Gasteiger partial charge in [0.25, 0.3) is 0 Å². The summed E-state index contributed by atoms with van der Waals surface area (Å²) in [5.74, 6) is -2.79. The molecule has 2 aliphatic rings. The average Bonchev–Trinajstić information content (AvgIpc) is 3.37. The molecule has 0 atom stereocenters. The highest BCUT2D eigenvalue weighted by molar-refractivity contribution is 5.35. The van der Waals surface area contributed by atoms with Crippen LogP contribution in [0.4, 0.5) is 17.6 Å². The molecule has 2 aromatic carbocycles. The second-order valence-electron chi connectivity index (χ2n) is 10.1. The smallest absolute Gasteiger partial charge is 0.162 e. The number of benzene rings is 2. The lowest BCUT2D eigenvalue weighted by molar-refractivity contribution is -0.0463. The zero-order chi connectivity index (χ0) is 24.8. The standard InChI is InChI=1S/C29H36F4O2/c1-2-3-4-5-19-6-8-22(9-7-19)24-16-21(18-26(31)29(24)33)14-20-15-23(28(32)25(30)17-20)10-11-27-34-12-13-35-27/h15-19,22,27H,2-14H2,1H3. The topological polar surface area (TPSA) is 18.5 Å². The highest BCUT2D eigenvalue weighted by Gasteiger charge is 2.26. The van der Waals surface area contributed by atoms with Crippen molar-refractivity contribution in [1.82, 2.24) is 0 Å². The number of hydrogen-bond donors (Lipinski definition) is 0. The Morgan fingerprint density at radius 2 is 1.43 bits per heavy atom. The second kappa shape index (κ2) is 12.4. The predicted molar refractivity (Wildman–Crippen MR) is 128 cm³/mol. The summed E-state index contributed by atoms with van der Waals surface area (Å²) in [6.07, 6.45) is 9.20. The highest BCUT2D eigenvalue weighted by atomic mass is 19.2. The Hall–Kier alpha value is -1.92. The summed E-state index contributed by atoms with van der Waals surface area (Å²) in [6, 6.07) is 5.65. The van der Waals surface area contributed by atoms with Crippen molar-refractivity contribution >= 4 is 0 Å². The molecule has 0 unspecified atom stereocenters. The van der Waals surface area contributed by atoms with Crippen molar-refractivity contribution in [2.24, 2.45) is 5.92 Å². The molecule has 2 aromatic rings. The first-order valence-corrected chi connectivity index (χ1v) is 13.1. The van der Waals surface area contributed by atoms with E-state index >= 15 is 0 Å². The molecule has 0 spiro atoms. The van der Waals surface area contributed by atoms with Crippen molar-refractivity contribution in [3.8, 4) is 0 Å². The first-order chi connectivity index (χ1) is 16.9. The van der Waals surface area contributed by atoms with Crippen LogP contribution in [0, 0.1) is 29.2 Å². The maximum atomic E-state index is 14.8. The predicted octanol–water partition coefficient (Wildman–Crippen LogP) is 7.99. The number of rotatable bonds is 10. The molecule has 0 amide bonds. The quantitative estimate of drug-likeness (QED) is 0.247. The van der Waals surface area contributed by atoms with Crippen LogP contribution in [0.2, 0.25) is 0 Å². The zero-order valence-electron chi connectivity index (χ0n) is 20.6. The van der Waals surface area contributed by atoms with Crippen LogP contribution in [0.15, 0.2) is 24.3 Å². The molecule has 0 radical (unpaired) electrons. The first kappa shape index (κ1) is 26.2. The summed E-state index contributed by atoms with van der Waals surface area (Å²) >= 11 is 0. The van der Waals surface area contributed by atoms with Gasteiger partial charge in [-0.1, -0.05) is 44.7 Å². The van der Waals surface area contributed by atoms with E-state index in [4.69, 9.17) is 9.47 Å². The molecule has 6 heteroatoms. The molecule has 2 fully saturated rings. The summed E-state index contributed by atoms with van der Waals surface area (Å²) in [7, 11) is 0. The van der Waals surface area contributed by atoms with Crippen LogP contribution in [-0.2, 0) is 22.3 Å². The average molecular weight is 493 g/mol. The van der Waals surface area contributed by atoms with Crippen molar-refractivity contribution in [3.05, 3.63) is 69.8 Å². The Morgan fingerprint density at radius 1 is 0.771 bits per heavy atom. The summed E-state index contributed by atoms with van der Waals surface area (Å²) in [5.41, 5.74) is 1.76. The Kier molecular flexibility index (Phi) is 9.23. The molecular weight excluding hydrogens is 456 g/mol. The minimum atomic E-state index is -0.935. The van der Waals surface area contributed by atoms with Crippen molar-refractivity contribution in [2.45, 2.75) is 89.8 Å². The zero-order valence-corrected chi connectivity index (χ0v) is 20.6. The summed E-state index contributed by atoms with van der Waals surface area (Å²) in [6.45, 7) is 3.20. The fourth-order valence-electron chi connectivity index (χ4n) is 5.59. The van der Waals surface area contributed by atoms with Crippen molar-refractivity contribution < 1.29 is 27.0 Å². The van der Waals surface area contributed by atoms with Crippen molar-refractivity contribution in [1.29, 1.82) is 0 Å². The normalized spacial score (nSPS) is 21.1. The van der Waals surface area contributed by atoms with Gasteiger partial charge in [-0.15, -0.1) is 0 Å². The third-order valence-electron chi connectivity index (χ3n) is 7.53. The maximum Gasteiger partial charge on any atom is 0.162 e. The summed E-state index contributed by atoms with van der Waals surface area (Å²) in [5, 5.41) is 0. The fraction of sp³-hybridized carbons (Fsp3) is 0.586. The molecular formula is C29H36F4O2. The van der Waals surface area contributed by atoms with E-state index in [2.05, 4.69) is 6.92 Å². The lowest BCUT2D eigenvalue weighted by Crippen LogP contribution is -2.15. The van der Waals surface area contributed by atoms with Gasteiger partial charge < -0.3 is 9.47 Å². The van der Waals surface area contributed by atoms with Gasteiger partial charge >= 0.3 is 0 Å². The lowest BCUT2D eigenvalue weighted by atomic mass is 9.76. The SMILES string of the molecule is CCCCCC1CCC(c2cc(Cc3cc(F)c(F)c(CCC4OCCO4)c3)cc(F)c2F)CC1. The lowest BCUT2D eigenvalue weighted by Gasteiger charge is -2.29. The minimum Gasteiger partial charge on any atom is -0.350 e. The molecule has 1 saturated heterocycles. The molecule has 192 valence electrons. The van der Waals surface area contributed by atoms with E-state index in [1.54, 1.807) is 12.1 Å². The number of aryl methyl sites for hydroxylation is 1. The Labute approximate surface area is 206 Å². The molecule has 1 heterocycles. The summed E-state index contributed by atoms with van der Waals surface area (Å²) < 4.78 is 68.8. The van der Waals surface area contributed by atoms with Gasteiger partial charge in [0.2, 0.25) is 0 Å². The molecule has 35 heavy (non-hydrogen) atoms. The third kappa shape index (κ3) is 6.85. The van der Waals surface area contributed by atoms with Crippen molar-refractivity contribution in [3.63, 3.8) is 0 Å². The number of hydrogen-bond acceptors (Lipinski definition) is 2. The molecule has 0 bridgehead atoms. The van der Waals surface area contributed by atoms with Crippen LogP contribution in [0.3, 0.4) is 0 Å². The largest absolute Gasteiger partial charge is 0.350 e. The van der Waals surface area contributed by atoms with Gasteiger partial charge in [0.15, 0.2) is 29.6 Å². The second-order valence-corrected chi connectivity index (χ2v) is 10.1. The van der Waals surface area contributed by atoms with E-state index in [9.17, 15) is 17.6 Å². The monoisotopic (exact) mass is 492 g/mol. The van der Waals surface area contributed by atoms with Crippen LogP contribution in [0.5, 0.6) is 0 Å².